The summed E-state index contributed by atoms with van der Waals surface area (Å²) in [5.41, 5.74) is -1.31. The van der Waals surface area contributed by atoms with Crippen LogP contribution in [0.15, 0.2) is 53.9 Å². The zero-order chi connectivity index (χ0) is 21.1. The molecule has 0 bridgehead atoms. The van der Waals surface area contributed by atoms with Crippen LogP contribution in [-0.4, -0.2) is 33.2 Å². The van der Waals surface area contributed by atoms with Crippen molar-refractivity contribution in [3.05, 3.63) is 72.1 Å². The number of nitrogens with zero attached hydrogens (tertiary/aromatic N) is 1. The molecule has 0 radical (unpaired) electrons. The van der Waals surface area contributed by atoms with Crippen LogP contribution in [0, 0.1) is 17.5 Å². The maximum absolute atomic E-state index is 14.3. The van der Waals surface area contributed by atoms with Crippen LogP contribution in [0.2, 0.25) is 0 Å². The molecule has 0 spiro atoms. The van der Waals surface area contributed by atoms with E-state index in [1.165, 1.54) is 0 Å². The maximum atomic E-state index is 14.3. The fraction of sp³-hybridized carbons (Fsp3) is 0.111. The molecule has 0 aliphatic carbocycles. The Morgan fingerprint density at radius 1 is 1.11 bits per heavy atom. The Bertz CT molecular complexity index is 1030. The van der Waals surface area contributed by atoms with E-state index in [1.54, 1.807) is 5.32 Å². The number of hydrogen-bond donors (Lipinski definition) is 1. The van der Waals surface area contributed by atoms with Crippen molar-refractivity contribution in [3.63, 3.8) is 0 Å². The Morgan fingerprint density at radius 3 is 2.25 bits per heavy atom. The van der Waals surface area contributed by atoms with Gasteiger partial charge in [-0.2, -0.15) is 0 Å². The summed E-state index contributed by atoms with van der Waals surface area (Å²) in [6, 6.07) is 4.39. The number of sulfone groups is 1. The molecule has 1 N–H and O–H groups in total. The fourth-order valence-corrected chi connectivity index (χ4v) is 3.33. The van der Waals surface area contributed by atoms with Crippen LogP contribution in [0.1, 0.15) is 10.4 Å². The molecular weight excluding hydrogens is 397 g/mol. The number of nitrogens with one attached hydrogen (secondary N) is 1. The van der Waals surface area contributed by atoms with Crippen molar-refractivity contribution in [2.45, 2.75) is 4.90 Å². The molecule has 0 atom stereocenters. The van der Waals surface area contributed by atoms with Crippen molar-refractivity contribution in [1.82, 2.24) is 5.32 Å². The molecular formula is C18H15F3N2O4S. The molecule has 0 heterocycles. The van der Waals surface area contributed by atoms with Gasteiger partial charge in [-0.3, -0.25) is 15.0 Å². The number of imide groups is 1. The van der Waals surface area contributed by atoms with Gasteiger partial charge in [0.25, 0.3) is 5.91 Å². The highest BCUT2D eigenvalue weighted by Gasteiger charge is 2.23. The van der Waals surface area contributed by atoms with Crippen LogP contribution < -0.4 is 10.2 Å². The van der Waals surface area contributed by atoms with Crippen molar-refractivity contribution in [2.24, 2.45) is 0 Å². The molecule has 148 valence electrons. The van der Waals surface area contributed by atoms with E-state index >= 15 is 0 Å². The minimum atomic E-state index is -3.77. The monoisotopic (exact) mass is 412 g/mol. The summed E-state index contributed by atoms with van der Waals surface area (Å²) in [4.78, 5) is 24.4. The van der Waals surface area contributed by atoms with E-state index in [-0.39, 0.29) is 10.6 Å². The molecule has 0 aliphatic heterocycles. The smallest absolute Gasteiger partial charge is 0.294 e. The van der Waals surface area contributed by atoms with Crippen LogP contribution in [0.3, 0.4) is 0 Å². The van der Waals surface area contributed by atoms with Crippen molar-refractivity contribution < 1.29 is 31.2 Å². The quantitative estimate of drug-likeness (QED) is 0.766. The predicted molar refractivity (Wildman–Crippen MR) is 96.3 cm³/mol. The van der Waals surface area contributed by atoms with Gasteiger partial charge in [0.1, 0.15) is 23.0 Å². The predicted octanol–water partition coefficient (Wildman–Crippen LogP) is 3.05. The van der Waals surface area contributed by atoms with Crippen molar-refractivity contribution in [3.8, 4) is 0 Å². The number of carbonyl (C=O) groups is 2. The lowest BCUT2D eigenvalue weighted by molar-refractivity contribution is 0.0957. The van der Waals surface area contributed by atoms with E-state index in [2.05, 4.69) is 6.58 Å². The largest absolute Gasteiger partial charge is 0.328 e. The summed E-state index contributed by atoms with van der Waals surface area (Å²) in [5, 5.41) is 1.74. The Kier molecular flexibility index (Phi) is 6.24. The highest BCUT2D eigenvalue weighted by atomic mass is 32.2. The second-order valence-electron chi connectivity index (χ2n) is 5.60. The van der Waals surface area contributed by atoms with E-state index in [0.717, 1.165) is 49.5 Å². The van der Waals surface area contributed by atoms with Gasteiger partial charge in [0.15, 0.2) is 9.84 Å². The highest BCUT2D eigenvalue weighted by Crippen LogP contribution is 2.23. The Morgan fingerprint density at radius 2 is 1.71 bits per heavy atom. The Labute approximate surface area is 159 Å². The summed E-state index contributed by atoms with van der Waals surface area (Å²) in [5.74, 6) is -5.14. The summed E-state index contributed by atoms with van der Waals surface area (Å²) < 4.78 is 65.4. The lowest BCUT2D eigenvalue weighted by atomic mass is 10.2. The zero-order valence-corrected chi connectivity index (χ0v) is 15.4. The highest BCUT2D eigenvalue weighted by molar-refractivity contribution is 7.91. The van der Waals surface area contributed by atoms with Crippen LogP contribution in [0.4, 0.5) is 23.7 Å². The SMILES string of the molecule is C=CCS(=O)(=O)c1ccc(N(C)C(=O)NC(=O)c2c(F)cccc2F)c(F)c1. The number of halogens is 3. The van der Waals surface area contributed by atoms with Gasteiger partial charge < -0.3 is 0 Å². The third kappa shape index (κ3) is 4.39. The third-order valence-electron chi connectivity index (χ3n) is 3.69. The Hall–Kier alpha value is -3.14. The van der Waals surface area contributed by atoms with Crippen LogP contribution in [0.5, 0.6) is 0 Å². The van der Waals surface area contributed by atoms with Gasteiger partial charge in [0, 0.05) is 7.05 Å². The van der Waals surface area contributed by atoms with Crippen LogP contribution in [0.25, 0.3) is 0 Å². The molecule has 0 saturated heterocycles. The van der Waals surface area contributed by atoms with Gasteiger partial charge in [-0.15, -0.1) is 6.58 Å². The number of benzene rings is 2. The first-order chi connectivity index (χ1) is 13.1. The second kappa shape index (κ2) is 8.26. The number of anilines is 1. The zero-order valence-electron chi connectivity index (χ0n) is 14.6. The van der Waals surface area contributed by atoms with Gasteiger partial charge in [-0.1, -0.05) is 12.1 Å². The lowest BCUT2D eigenvalue weighted by Crippen LogP contribution is -2.41. The van der Waals surface area contributed by atoms with E-state index in [1.807, 2.05) is 0 Å². The van der Waals surface area contributed by atoms with E-state index < -0.39 is 50.5 Å². The fourth-order valence-electron chi connectivity index (χ4n) is 2.27. The summed E-state index contributed by atoms with van der Waals surface area (Å²) in [7, 11) is -2.68. The second-order valence-corrected chi connectivity index (χ2v) is 7.63. The van der Waals surface area contributed by atoms with Crippen LogP contribution in [-0.2, 0) is 9.84 Å². The van der Waals surface area contributed by atoms with Crippen molar-refractivity contribution in [2.75, 3.05) is 17.7 Å². The molecule has 0 fully saturated rings. The summed E-state index contributed by atoms with van der Waals surface area (Å²) in [6.45, 7) is 3.31. The minimum Gasteiger partial charge on any atom is -0.294 e. The lowest BCUT2D eigenvalue weighted by Gasteiger charge is -2.19. The first kappa shape index (κ1) is 21.2. The van der Waals surface area contributed by atoms with Crippen molar-refractivity contribution >= 4 is 27.5 Å². The summed E-state index contributed by atoms with van der Waals surface area (Å²) in [6.07, 6.45) is 1.15. The number of carbonyl (C=O) groups excluding carboxylic acids is 2. The average Bonchev–Trinajstić information content (AvgIpc) is 2.60. The first-order valence-electron chi connectivity index (χ1n) is 7.74. The van der Waals surface area contributed by atoms with E-state index in [0.29, 0.717) is 4.90 Å². The molecule has 2 rings (SSSR count). The topological polar surface area (TPSA) is 83.6 Å². The number of urea groups is 1. The summed E-state index contributed by atoms with van der Waals surface area (Å²) >= 11 is 0. The molecule has 3 amide bonds. The minimum absolute atomic E-state index is 0.313. The molecule has 0 aromatic heterocycles. The molecule has 6 nitrogen and oxygen atoms in total. The number of rotatable bonds is 5. The Balaban J connectivity index is 2.24. The molecule has 28 heavy (non-hydrogen) atoms. The third-order valence-corrected chi connectivity index (χ3v) is 5.34. The number of hydrogen-bond acceptors (Lipinski definition) is 4. The van der Waals surface area contributed by atoms with Crippen LogP contribution >= 0.6 is 0 Å². The van der Waals surface area contributed by atoms with Gasteiger partial charge in [-0.05, 0) is 30.3 Å². The first-order valence-corrected chi connectivity index (χ1v) is 9.40. The molecule has 0 saturated carbocycles. The van der Waals surface area contributed by atoms with Gasteiger partial charge in [0.05, 0.1) is 16.3 Å². The average molecular weight is 412 g/mol. The maximum Gasteiger partial charge on any atom is 0.328 e. The molecule has 10 heteroatoms. The molecule has 2 aromatic rings. The van der Waals surface area contributed by atoms with Crippen molar-refractivity contribution in [1.29, 1.82) is 0 Å². The van der Waals surface area contributed by atoms with E-state index in [9.17, 15) is 31.2 Å². The standard InChI is InChI=1S/C18H15F3N2O4S/c1-3-9-28(26,27)11-7-8-15(14(21)10-11)23(2)18(25)22-17(24)16-12(19)5-4-6-13(16)20/h3-8,10H,1,9H2,2H3,(H,22,24,25). The van der Waals surface area contributed by atoms with Gasteiger partial charge in [0.2, 0.25) is 0 Å². The molecule has 0 aliphatic rings. The molecule has 0 unspecified atom stereocenters. The van der Waals surface area contributed by atoms with Gasteiger partial charge in [-0.25, -0.2) is 26.4 Å². The van der Waals surface area contributed by atoms with Gasteiger partial charge >= 0.3 is 6.03 Å². The number of amides is 3. The van der Waals surface area contributed by atoms with E-state index in [4.69, 9.17) is 0 Å². The molecule has 2 aromatic carbocycles. The normalized spacial score (nSPS) is 11.0.